The van der Waals surface area contributed by atoms with Crippen LogP contribution >= 0.6 is 0 Å². The number of likely N-dealkylation sites (N-methyl/N-ethyl adjacent to an activating group) is 1. The molecule has 3 amide bonds. The topological polar surface area (TPSA) is 138 Å². The van der Waals surface area contributed by atoms with Crippen molar-refractivity contribution >= 4 is 45.8 Å². The number of halogens is 2. The lowest BCUT2D eigenvalue weighted by Crippen LogP contribution is -2.59. The number of likely N-dealkylation sites (tertiary alicyclic amines) is 1. The summed E-state index contributed by atoms with van der Waals surface area (Å²) in [5.41, 5.74) is -0.337. The molecule has 43 heavy (non-hydrogen) atoms. The SMILES string of the molecule is CN[C@@H](C)C(=O)N[C@H](C(=O)N1CCC[C@H]1C(=O)Nc1cc2c(Nc3c(F)cccc3F)ncnc2cc1OC)C(C)(C)C. The van der Waals surface area contributed by atoms with E-state index in [1.54, 1.807) is 26.1 Å². The number of carbonyl (C=O) groups excluding carboxylic acids is 3. The number of nitrogens with one attached hydrogen (secondary N) is 4. The molecular weight excluding hydrogens is 560 g/mol. The standard InChI is InChI=1S/C30H37F2N7O4/c1-16(33-5)27(40)38-25(30(2,3)4)29(42)39-12-8-11-22(39)28(41)36-21-13-17-20(14-23(21)43-6)34-15-35-26(17)37-24-18(31)9-7-10-19(24)32/h7,9-10,13-16,22,25,33H,8,11-12H2,1-6H3,(H,36,41)(H,38,40)(H,34,35,37)/t16-,22-,25+/m0/s1. The zero-order valence-electron chi connectivity index (χ0n) is 25.0. The molecule has 11 nitrogen and oxygen atoms in total. The van der Waals surface area contributed by atoms with E-state index in [1.165, 1.54) is 24.4 Å². The Bertz CT molecular complexity index is 1510. The molecule has 4 N–H and O–H groups in total. The average molecular weight is 598 g/mol. The van der Waals surface area contributed by atoms with E-state index in [1.807, 2.05) is 20.8 Å². The second-order valence-corrected chi connectivity index (χ2v) is 11.5. The van der Waals surface area contributed by atoms with E-state index in [0.717, 1.165) is 12.1 Å². The lowest BCUT2D eigenvalue weighted by atomic mass is 9.85. The fourth-order valence-electron chi connectivity index (χ4n) is 4.92. The fraction of sp³-hybridized carbons (Fsp3) is 0.433. The number of nitrogens with zero attached hydrogens (tertiary/aromatic N) is 3. The van der Waals surface area contributed by atoms with Gasteiger partial charge in [0.15, 0.2) is 0 Å². The molecule has 3 aromatic rings. The van der Waals surface area contributed by atoms with Crippen LogP contribution in [0, 0.1) is 17.0 Å². The second kappa shape index (κ2) is 12.9. The third-order valence-corrected chi connectivity index (χ3v) is 7.49. The average Bonchev–Trinajstić information content (AvgIpc) is 3.46. The van der Waals surface area contributed by atoms with Crippen molar-refractivity contribution in [3.05, 3.63) is 48.3 Å². The van der Waals surface area contributed by atoms with Crippen molar-refractivity contribution in [1.82, 2.24) is 25.5 Å². The van der Waals surface area contributed by atoms with E-state index in [-0.39, 0.29) is 29.0 Å². The number of hydrogen-bond acceptors (Lipinski definition) is 8. The zero-order valence-corrected chi connectivity index (χ0v) is 25.0. The summed E-state index contributed by atoms with van der Waals surface area (Å²) in [7, 11) is 3.09. The maximum Gasteiger partial charge on any atom is 0.247 e. The third kappa shape index (κ3) is 6.82. The van der Waals surface area contributed by atoms with Gasteiger partial charge < -0.3 is 30.9 Å². The number of methoxy groups -OCH3 is 1. The van der Waals surface area contributed by atoms with Gasteiger partial charge in [-0.05, 0) is 50.4 Å². The summed E-state index contributed by atoms with van der Waals surface area (Å²) in [6, 6.07) is 4.45. The summed E-state index contributed by atoms with van der Waals surface area (Å²) in [6.07, 6.45) is 2.27. The number of anilines is 3. The van der Waals surface area contributed by atoms with Crippen LogP contribution in [0.25, 0.3) is 10.9 Å². The van der Waals surface area contributed by atoms with Gasteiger partial charge in [-0.25, -0.2) is 18.7 Å². The maximum atomic E-state index is 14.4. The largest absolute Gasteiger partial charge is 0.494 e. The molecule has 3 atom stereocenters. The molecule has 2 aromatic carbocycles. The van der Waals surface area contributed by atoms with Gasteiger partial charge in [0, 0.05) is 18.0 Å². The molecule has 0 bridgehead atoms. The predicted octanol–water partition coefficient (Wildman–Crippen LogP) is 3.73. The van der Waals surface area contributed by atoms with Gasteiger partial charge in [0.25, 0.3) is 0 Å². The Morgan fingerprint density at radius 3 is 2.44 bits per heavy atom. The quantitative estimate of drug-likeness (QED) is 0.293. The van der Waals surface area contributed by atoms with Gasteiger partial charge in [-0.1, -0.05) is 26.8 Å². The van der Waals surface area contributed by atoms with E-state index in [2.05, 4.69) is 31.2 Å². The highest BCUT2D eigenvalue weighted by atomic mass is 19.1. The van der Waals surface area contributed by atoms with Crippen LogP contribution in [0.15, 0.2) is 36.7 Å². The molecular formula is C30H37F2N7O4. The number of rotatable bonds is 9. The first-order valence-electron chi connectivity index (χ1n) is 14.0. The lowest BCUT2D eigenvalue weighted by molar-refractivity contribution is -0.143. The molecule has 230 valence electrons. The molecule has 0 aliphatic carbocycles. The fourth-order valence-corrected chi connectivity index (χ4v) is 4.92. The highest BCUT2D eigenvalue weighted by Crippen LogP contribution is 2.35. The normalized spacial score (nSPS) is 16.5. The minimum atomic E-state index is -0.857. The number of amides is 3. The summed E-state index contributed by atoms with van der Waals surface area (Å²) in [6.45, 7) is 7.61. The van der Waals surface area contributed by atoms with Crippen LogP contribution in [0.5, 0.6) is 5.75 Å². The van der Waals surface area contributed by atoms with E-state index in [0.29, 0.717) is 36.0 Å². The van der Waals surface area contributed by atoms with Crippen molar-refractivity contribution in [1.29, 1.82) is 0 Å². The van der Waals surface area contributed by atoms with Gasteiger partial charge in [-0.3, -0.25) is 14.4 Å². The molecule has 1 aliphatic rings. The summed E-state index contributed by atoms with van der Waals surface area (Å²) in [5, 5.41) is 11.6. The number of ether oxygens (including phenoxy) is 1. The molecule has 2 heterocycles. The van der Waals surface area contributed by atoms with Crippen molar-refractivity contribution in [2.45, 2.75) is 58.7 Å². The van der Waals surface area contributed by atoms with Gasteiger partial charge >= 0.3 is 0 Å². The molecule has 1 aromatic heterocycles. The van der Waals surface area contributed by atoms with Crippen LogP contribution in [-0.2, 0) is 14.4 Å². The lowest BCUT2D eigenvalue weighted by Gasteiger charge is -2.36. The first-order valence-corrected chi connectivity index (χ1v) is 14.0. The van der Waals surface area contributed by atoms with Gasteiger partial charge in [0.1, 0.15) is 47.3 Å². The van der Waals surface area contributed by atoms with Gasteiger partial charge in [-0.2, -0.15) is 0 Å². The van der Waals surface area contributed by atoms with Crippen LogP contribution in [0.4, 0.5) is 26.0 Å². The maximum absolute atomic E-state index is 14.4. The molecule has 0 spiro atoms. The van der Waals surface area contributed by atoms with E-state index >= 15 is 0 Å². The summed E-state index contributed by atoms with van der Waals surface area (Å²) in [4.78, 5) is 50.0. The number of para-hydroxylation sites is 1. The van der Waals surface area contributed by atoms with Crippen LogP contribution in [0.2, 0.25) is 0 Å². The van der Waals surface area contributed by atoms with Crippen molar-refractivity contribution in [2.24, 2.45) is 5.41 Å². The third-order valence-electron chi connectivity index (χ3n) is 7.49. The van der Waals surface area contributed by atoms with Crippen LogP contribution < -0.4 is 26.0 Å². The Hall–Kier alpha value is -4.39. The van der Waals surface area contributed by atoms with E-state index < -0.39 is 41.1 Å². The number of fused-ring (bicyclic) bond motifs is 1. The molecule has 1 fully saturated rings. The predicted molar refractivity (Wildman–Crippen MR) is 159 cm³/mol. The van der Waals surface area contributed by atoms with Crippen molar-refractivity contribution in [3.63, 3.8) is 0 Å². The second-order valence-electron chi connectivity index (χ2n) is 11.5. The minimum absolute atomic E-state index is 0.115. The van der Waals surface area contributed by atoms with E-state index in [4.69, 9.17) is 4.74 Å². The van der Waals surface area contributed by atoms with Crippen molar-refractivity contribution < 1.29 is 27.9 Å². The van der Waals surface area contributed by atoms with Crippen molar-refractivity contribution in [3.8, 4) is 5.75 Å². The summed E-state index contributed by atoms with van der Waals surface area (Å²) >= 11 is 0. The first-order chi connectivity index (χ1) is 20.3. The molecule has 1 saturated heterocycles. The molecule has 13 heteroatoms. The monoisotopic (exact) mass is 597 g/mol. The smallest absolute Gasteiger partial charge is 0.247 e. The number of carbonyl (C=O) groups is 3. The molecule has 1 aliphatic heterocycles. The first kappa shape index (κ1) is 31.5. The zero-order chi connectivity index (χ0) is 31.5. The Balaban J connectivity index is 1.62. The summed E-state index contributed by atoms with van der Waals surface area (Å²) in [5.74, 6) is -2.31. The number of hydrogen-bond donors (Lipinski definition) is 4. The van der Waals surface area contributed by atoms with Crippen LogP contribution in [0.1, 0.15) is 40.5 Å². The van der Waals surface area contributed by atoms with Crippen molar-refractivity contribution in [2.75, 3.05) is 31.3 Å². The Morgan fingerprint density at radius 2 is 1.81 bits per heavy atom. The number of aromatic nitrogens is 2. The number of benzene rings is 2. The Morgan fingerprint density at radius 1 is 1.12 bits per heavy atom. The van der Waals surface area contributed by atoms with Gasteiger partial charge in [0.05, 0.1) is 24.4 Å². The molecule has 0 radical (unpaired) electrons. The van der Waals surface area contributed by atoms with Gasteiger partial charge in [0.2, 0.25) is 17.7 Å². The molecule has 4 rings (SSSR count). The summed E-state index contributed by atoms with van der Waals surface area (Å²) < 4.78 is 34.2. The highest BCUT2D eigenvalue weighted by Gasteiger charge is 2.42. The van der Waals surface area contributed by atoms with Gasteiger partial charge in [-0.15, -0.1) is 0 Å². The van der Waals surface area contributed by atoms with E-state index in [9.17, 15) is 23.2 Å². The Labute approximate surface area is 248 Å². The Kier molecular flexibility index (Phi) is 9.43. The minimum Gasteiger partial charge on any atom is -0.494 e. The molecule has 0 unspecified atom stereocenters. The highest BCUT2D eigenvalue weighted by molar-refractivity contribution is 6.03. The molecule has 0 saturated carbocycles. The van der Waals surface area contributed by atoms with Crippen LogP contribution in [-0.4, -0.2) is 71.4 Å². The van der Waals surface area contributed by atoms with Crippen LogP contribution in [0.3, 0.4) is 0 Å².